The maximum absolute atomic E-state index is 14.6. The van der Waals surface area contributed by atoms with Gasteiger partial charge in [0.05, 0.1) is 18.4 Å². The molecular formula is C23H20BrF2N5O2. The first-order chi connectivity index (χ1) is 15.9. The highest BCUT2D eigenvalue weighted by Gasteiger charge is 2.39. The zero-order chi connectivity index (χ0) is 23.3. The summed E-state index contributed by atoms with van der Waals surface area (Å²) in [6, 6.07) is 7.64. The fourth-order valence-electron chi connectivity index (χ4n) is 4.68. The first kappa shape index (κ1) is 21.7. The van der Waals surface area contributed by atoms with Crippen LogP contribution in [0.3, 0.4) is 0 Å². The monoisotopic (exact) mass is 515 g/mol. The highest BCUT2D eigenvalue weighted by Crippen LogP contribution is 2.43. The Hall–Kier alpha value is -3.11. The average molecular weight is 516 g/mol. The van der Waals surface area contributed by atoms with E-state index in [0.29, 0.717) is 16.1 Å². The predicted octanol–water partition coefficient (Wildman–Crippen LogP) is 3.51. The second-order valence-electron chi connectivity index (χ2n) is 8.07. The molecule has 2 atom stereocenters. The number of ether oxygens (including phenoxy) is 1. The summed E-state index contributed by atoms with van der Waals surface area (Å²) in [5.41, 5.74) is 7.00. The van der Waals surface area contributed by atoms with Crippen LogP contribution in [-0.4, -0.2) is 48.2 Å². The molecule has 1 amide bonds. The Balaban J connectivity index is 1.69. The first-order valence-corrected chi connectivity index (χ1v) is 11.2. The number of piperazine rings is 1. The van der Waals surface area contributed by atoms with Crippen molar-refractivity contribution >= 4 is 27.5 Å². The van der Waals surface area contributed by atoms with Crippen LogP contribution in [0.4, 0.5) is 14.5 Å². The van der Waals surface area contributed by atoms with Crippen molar-refractivity contribution in [2.75, 3.05) is 25.1 Å². The molecule has 2 aliphatic rings. The molecule has 0 spiro atoms. The second-order valence-corrected chi connectivity index (χ2v) is 8.92. The predicted molar refractivity (Wildman–Crippen MR) is 123 cm³/mol. The molecule has 2 saturated heterocycles. The van der Waals surface area contributed by atoms with Crippen molar-refractivity contribution in [1.29, 1.82) is 0 Å². The normalized spacial score (nSPS) is 19.2. The van der Waals surface area contributed by atoms with E-state index in [1.54, 1.807) is 6.07 Å². The summed E-state index contributed by atoms with van der Waals surface area (Å²) in [4.78, 5) is 23.2. The quantitative estimate of drug-likeness (QED) is 0.540. The van der Waals surface area contributed by atoms with Gasteiger partial charge in [0.25, 0.3) is 5.91 Å². The van der Waals surface area contributed by atoms with Gasteiger partial charge in [-0.3, -0.25) is 4.79 Å². The fourth-order valence-corrected chi connectivity index (χ4v) is 5.34. The number of hydrogen-bond acceptors (Lipinski definition) is 6. The van der Waals surface area contributed by atoms with E-state index < -0.39 is 17.5 Å². The number of nitrogens with zero attached hydrogens (tertiary/aromatic N) is 3. The number of hydrogen-bond donors (Lipinski definition) is 2. The number of carbonyl (C=O) groups excluding carboxylic acids is 1. The molecule has 3 N–H and O–H groups in total. The number of nitrogens with two attached hydrogens (primary N) is 1. The third-order valence-corrected chi connectivity index (χ3v) is 6.71. The number of halogens is 3. The molecule has 33 heavy (non-hydrogen) atoms. The number of fused-ring (bicyclic) bond motifs is 2. The van der Waals surface area contributed by atoms with Gasteiger partial charge in [0.15, 0.2) is 5.82 Å². The van der Waals surface area contributed by atoms with Crippen molar-refractivity contribution in [1.82, 2.24) is 15.3 Å². The van der Waals surface area contributed by atoms with Crippen LogP contribution in [0.2, 0.25) is 0 Å². The van der Waals surface area contributed by atoms with E-state index in [-0.39, 0.29) is 34.4 Å². The van der Waals surface area contributed by atoms with E-state index in [1.807, 2.05) is 0 Å². The molecular weight excluding hydrogens is 496 g/mol. The number of rotatable bonds is 5. The van der Waals surface area contributed by atoms with E-state index in [0.717, 1.165) is 25.2 Å². The third kappa shape index (κ3) is 3.72. The van der Waals surface area contributed by atoms with Crippen molar-refractivity contribution in [3.05, 3.63) is 58.3 Å². The van der Waals surface area contributed by atoms with Gasteiger partial charge in [0, 0.05) is 47.0 Å². The summed E-state index contributed by atoms with van der Waals surface area (Å²) in [5, 5.41) is 3.44. The molecule has 170 valence electrons. The SMILES string of the molecule is COc1cccc(F)c1-c1ncc(-c2cc(F)cc(Br)c2N2C[C@H]3C[C@@H]2CN3)c(C(N)=O)n1. The van der Waals surface area contributed by atoms with Gasteiger partial charge in [0.1, 0.15) is 23.1 Å². The van der Waals surface area contributed by atoms with Gasteiger partial charge in [-0.2, -0.15) is 0 Å². The van der Waals surface area contributed by atoms with Gasteiger partial charge in [0.2, 0.25) is 0 Å². The molecule has 0 radical (unpaired) electrons. The van der Waals surface area contributed by atoms with Crippen molar-refractivity contribution in [3.63, 3.8) is 0 Å². The van der Waals surface area contributed by atoms with E-state index >= 15 is 0 Å². The number of benzene rings is 2. The zero-order valence-electron chi connectivity index (χ0n) is 17.6. The molecule has 0 saturated carbocycles. The molecule has 0 aliphatic carbocycles. The third-order valence-electron chi connectivity index (χ3n) is 6.10. The fraction of sp³-hybridized carbons (Fsp3) is 0.261. The Morgan fingerprint density at radius 3 is 2.79 bits per heavy atom. The summed E-state index contributed by atoms with van der Waals surface area (Å²) in [6.45, 7) is 1.57. The first-order valence-electron chi connectivity index (χ1n) is 10.4. The molecule has 3 heterocycles. The number of primary amides is 1. The maximum atomic E-state index is 14.6. The number of aromatic nitrogens is 2. The van der Waals surface area contributed by atoms with Gasteiger partial charge in [-0.05, 0) is 46.6 Å². The zero-order valence-corrected chi connectivity index (χ0v) is 19.2. The van der Waals surface area contributed by atoms with Gasteiger partial charge in [-0.1, -0.05) is 6.07 Å². The second kappa shape index (κ2) is 8.35. The van der Waals surface area contributed by atoms with Crippen LogP contribution in [-0.2, 0) is 0 Å². The lowest BCUT2D eigenvalue weighted by Gasteiger charge is -2.32. The van der Waals surface area contributed by atoms with E-state index in [4.69, 9.17) is 10.5 Å². The molecule has 1 aromatic heterocycles. The van der Waals surface area contributed by atoms with Crippen LogP contribution in [0.25, 0.3) is 22.5 Å². The van der Waals surface area contributed by atoms with Gasteiger partial charge < -0.3 is 20.7 Å². The van der Waals surface area contributed by atoms with Crippen LogP contribution >= 0.6 is 15.9 Å². The summed E-state index contributed by atoms with van der Waals surface area (Å²) in [6.07, 6.45) is 2.36. The summed E-state index contributed by atoms with van der Waals surface area (Å²) in [5.74, 6) is -1.76. The Morgan fingerprint density at radius 1 is 1.30 bits per heavy atom. The molecule has 10 heteroatoms. The highest BCUT2D eigenvalue weighted by atomic mass is 79.9. The minimum atomic E-state index is -0.833. The van der Waals surface area contributed by atoms with Crippen LogP contribution in [0.5, 0.6) is 5.75 Å². The van der Waals surface area contributed by atoms with Crippen LogP contribution in [0.15, 0.2) is 41.0 Å². The van der Waals surface area contributed by atoms with Gasteiger partial charge in [-0.15, -0.1) is 0 Å². The molecule has 2 aromatic carbocycles. The van der Waals surface area contributed by atoms with Crippen molar-refractivity contribution in [2.45, 2.75) is 18.5 Å². The lowest BCUT2D eigenvalue weighted by atomic mass is 10.0. The highest BCUT2D eigenvalue weighted by molar-refractivity contribution is 9.10. The average Bonchev–Trinajstić information content (AvgIpc) is 3.41. The summed E-state index contributed by atoms with van der Waals surface area (Å²) >= 11 is 3.49. The van der Waals surface area contributed by atoms with Gasteiger partial charge >= 0.3 is 0 Å². The lowest BCUT2D eigenvalue weighted by molar-refractivity contribution is 0.0996. The van der Waals surface area contributed by atoms with E-state index in [1.165, 1.54) is 37.6 Å². The summed E-state index contributed by atoms with van der Waals surface area (Å²) in [7, 11) is 1.40. The number of anilines is 1. The minimum absolute atomic E-state index is 0.0117. The van der Waals surface area contributed by atoms with E-state index in [2.05, 4.69) is 36.1 Å². The van der Waals surface area contributed by atoms with Crippen LogP contribution in [0, 0.1) is 11.6 Å². The molecule has 3 aromatic rings. The van der Waals surface area contributed by atoms with Gasteiger partial charge in [-0.25, -0.2) is 18.7 Å². The largest absolute Gasteiger partial charge is 0.496 e. The molecule has 7 nitrogen and oxygen atoms in total. The standard InChI is InChI=1S/C23H20BrF2N5O2/c1-33-18-4-2-3-17(26)19(18)23-29-9-15(20(30-23)22(27)32)14-5-11(25)6-16(24)21(14)31-10-12-7-13(31)8-28-12/h2-6,9,12-13,28H,7-8,10H2,1H3,(H2,27,32)/t12-,13-/m1/s1. The molecule has 2 aliphatic heterocycles. The Bertz CT molecular complexity index is 1270. The number of nitrogens with one attached hydrogen (secondary N) is 1. The molecule has 5 rings (SSSR count). The lowest BCUT2D eigenvalue weighted by Crippen LogP contribution is -2.44. The molecule has 0 unspecified atom stereocenters. The summed E-state index contributed by atoms with van der Waals surface area (Å²) < 4.78 is 34.9. The minimum Gasteiger partial charge on any atom is -0.496 e. The smallest absolute Gasteiger partial charge is 0.268 e. The molecule has 2 bridgehead atoms. The van der Waals surface area contributed by atoms with Crippen molar-refractivity contribution in [3.8, 4) is 28.3 Å². The maximum Gasteiger partial charge on any atom is 0.268 e. The van der Waals surface area contributed by atoms with E-state index in [9.17, 15) is 13.6 Å². The topological polar surface area (TPSA) is 93.4 Å². The number of carbonyl (C=O) groups is 1. The van der Waals surface area contributed by atoms with Crippen molar-refractivity contribution < 1.29 is 18.3 Å². The van der Waals surface area contributed by atoms with Crippen LogP contribution in [0.1, 0.15) is 16.9 Å². The number of amides is 1. The Morgan fingerprint density at radius 2 is 2.12 bits per heavy atom. The Labute approximate surface area is 197 Å². The van der Waals surface area contributed by atoms with Crippen LogP contribution < -0.4 is 20.7 Å². The van der Waals surface area contributed by atoms with Crippen molar-refractivity contribution in [2.24, 2.45) is 5.73 Å². The molecule has 2 fully saturated rings. The Kier molecular flexibility index (Phi) is 5.49. The number of methoxy groups -OCH3 is 1.